The Morgan fingerprint density at radius 1 is 1.19 bits per heavy atom. The molecule has 3 heterocycles. The smallest absolute Gasteiger partial charge is 0.387 e. The molecule has 1 aliphatic heterocycles. The van der Waals surface area contributed by atoms with Gasteiger partial charge in [0.15, 0.2) is 17.7 Å². The number of phosphoric ester groups is 1. The lowest BCUT2D eigenvalue weighted by molar-refractivity contribution is -0.0503. The zero-order valence-electron chi connectivity index (χ0n) is 13.2. The number of imidazole rings is 1. The number of hydrogen-bond donors (Lipinski definition) is 6. The Labute approximate surface area is 150 Å². The minimum absolute atomic E-state index is 0.0856. The Morgan fingerprint density at radius 2 is 1.89 bits per heavy atom. The van der Waals surface area contributed by atoms with Crippen LogP contribution in [-0.4, -0.2) is 69.3 Å². The Balaban J connectivity index is 1.75. The fourth-order valence-corrected chi connectivity index (χ4v) is 4.08. The number of fused-ring (bicyclic) bond motifs is 1. The molecule has 0 aliphatic carbocycles. The number of anilines is 1. The average molecular weight is 427 g/mol. The molecule has 150 valence electrons. The summed E-state index contributed by atoms with van der Waals surface area (Å²) < 4.78 is 36.8. The molecular weight excluding hydrogens is 412 g/mol. The SMILES string of the molecule is Nc1ncnc2c1ncn2[C@H]1O[C@@H](COP(=O)(O)OP(=O)(O)O)C(O)C1O. The summed E-state index contributed by atoms with van der Waals surface area (Å²) in [6, 6.07) is 0. The maximum atomic E-state index is 11.5. The molecule has 0 saturated carbocycles. The molecular formula is C10H15N5O10P2. The number of nitrogens with two attached hydrogens (primary N) is 1. The lowest BCUT2D eigenvalue weighted by Crippen LogP contribution is -2.33. The van der Waals surface area contributed by atoms with Crippen LogP contribution in [-0.2, 0) is 22.7 Å². The third kappa shape index (κ3) is 4.33. The van der Waals surface area contributed by atoms with Crippen LogP contribution in [0.4, 0.5) is 5.82 Å². The van der Waals surface area contributed by atoms with E-state index in [1.165, 1.54) is 10.9 Å². The Bertz CT molecular complexity index is 932. The Kier molecular flexibility index (Phi) is 5.35. The van der Waals surface area contributed by atoms with Gasteiger partial charge in [-0.1, -0.05) is 0 Å². The minimum Gasteiger partial charge on any atom is -0.387 e. The normalized spacial score (nSPS) is 28.5. The lowest BCUT2D eigenvalue weighted by atomic mass is 10.1. The fraction of sp³-hybridized carbons (Fsp3) is 0.500. The molecule has 17 heteroatoms. The van der Waals surface area contributed by atoms with E-state index >= 15 is 0 Å². The van der Waals surface area contributed by atoms with Crippen LogP contribution >= 0.6 is 15.6 Å². The van der Waals surface area contributed by atoms with Crippen molar-refractivity contribution in [2.24, 2.45) is 0 Å². The number of nitrogen functional groups attached to an aromatic ring is 1. The molecule has 3 unspecified atom stereocenters. The van der Waals surface area contributed by atoms with Crippen molar-refractivity contribution in [1.29, 1.82) is 0 Å². The number of aliphatic hydroxyl groups is 2. The molecule has 2 aromatic heterocycles. The van der Waals surface area contributed by atoms with E-state index in [0.717, 1.165) is 6.33 Å². The maximum absolute atomic E-state index is 11.5. The van der Waals surface area contributed by atoms with Gasteiger partial charge in [0.1, 0.15) is 30.2 Å². The molecule has 0 spiro atoms. The van der Waals surface area contributed by atoms with Crippen LogP contribution in [0.25, 0.3) is 11.2 Å². The molecule has 7 N–H and O–H groups in total. The molecule has 0 bridgehead atoms. The molecule has 2 aromatic rings. The molecule has 1 saturated heterocycles. The number of aliphatic hydroxyl groups excluding tert-OH is 2. The van der Waals surface area contributed by atoms with Gasteiger partial charge in [-0.05, 0) is 0 Å². The molecule has 5 atom stereocenters. The summed E-state index contributed by atoms with van der Waals surface area (Å²) in [4.78, 5) is 38.1. The van der Waals surface area contributed by atoms with Gasteiger partial charge < -0.3 is 35.4 Å². The van der Waals surface area contributed by atoms with Crippen molar-refractivity contribution in [2.45, 2.75) is 24.5 Å². The van der Waals surface area contributed by atoms with Crippen molar-refractivity contribution >= 4 is 32.6 Å². The third-order valence-corrected chi connectivity index (χ3v) is 5.76. The monoisotopic (exact) mass is 427 g/mol. The number of aromatic nitrogens is 4. The first kappa shape index (κ1) is 20.2. The van der Waals surface area contributed by atoms with Gasteiger partial charge in [0.05, 0.1) is 12.9 Å². The van der Waals surface area contributed by atoms with Crippen LogP contribution in [0.15, 0.2) is 12.7 Å². The predicted molar refractivity (Wildman–Crippen MR) is 84.6 cm³/mol. The highest BCUT2D eigenvalue weighted by molar-refractivity contribution is 7.60. The number of ether oxygens (including phenoxy) is 1. The van der Waals surface area contributed by atoms with Crippen molar-refractivity contribution in [1.82, 2.24) is 19.5 Å². The van der Waals surface area contributed by atoms with E-state index in [4.69, 9.17) is 20.3 Å². The second-order valence-electron chi connectivity index (χ2n) is 5.47. The molecule has 27 heavy (non-hydrogen) atoms. The first-order valence-corrected chi connectivity index (χ1v) is 10.2. The molecule has 0 radical (unpaired) electrons. The molecule has 1 aliphatic rings. The van der Waals surface area contributed by atoms with Gasteiger partial charge >= 0.3 is 15.6 Å². The largest absolute Gasteiger partial charge is 0.481 e. The molecule has 0 amide bonds. The summed E-state index contributed by atoms with van der Waals surface area (Å²) in [6.07, 6.45) is -3.20. The summed E-state index contributed by atoms with van der Waals surface area (Å²) in [6.45, 7) is -0.813. The van der Waals surface area contributed by atoms with Crippen LogP contribution in [0, 0.1) is 0 Å². The average Bonchev–Trinajstić information content (AvgIpc) is 3.07. The van der Waals surface area contributed by atoms with E-state index in [9.17, 15) is 24.2 Å². The highest BCUT2D eigenvalue weighted by Gasteiger charge is 2.46. The summed E-state index contributed by atoms with van der Waals surface area (Å²) in [7, 11) is -10.4. The standard InChI is InChI=1S/C10H15N5O10P2/c11-8-5-9(13-2-12-8)15(3-14-5)10-7(17)6(16)4(24-10)1-23-27(21,22)25-26(18,19)20/h2-4,6-7,10,16-17H,1H2,(H,21,22)(H2,11,12,13)(H2,18,19,20)/t4-,6?,7?,10-/m0/s1. The van der Waals surface area contributed by atoms with Crippen molar-refractivity contribution < 1.29 is 47.6 Å². The predicted octanol–water partition coefficient (Wildman–Crippen LogP) is -1.75. The van der Waals surface area contributed by atoms with Gasteiger partial charge in [-0.15, -0.1) is 0 Å². The molecule has 15 nitrogen and oxygen atoms in total. The molecule has 1 fully saturated rings. The van der Waals surface area contributed by atoms with Gasteiger partial charge in [-0.2, -0.15) is 4.31 Å². The zero-order valence-corrected chi connectivity index (χ0v) is 15.0. The van der Waals surface area contributed by atoms with Gasteiger partial charge in [-0.25, -0.2) is 24.1 Å². The maximum Gasteiger partial charge on any atom is 0.481 e. The van der Waals surface area contributed by atoms with Crippen LogP contribution in [0.5, 0.6) is 0 Å². The third-order valence-electron chi connectivity index (χ3n) is 3.61. The summed E-state index contributed by atoms with van der Waals surface area (Å²) in [5.41, 5.74) is 6.11. The van der Waals surface area contributed by atoms with Crippen molar-refractivity contribution in [3.05, 3.63) is 12.7 Å². The second kappa shape index (κ2) is 7.14. The summed E-state index contributed by atoms with van der Waals surface area (Å²) >= 11 is 0. The summed E-state index contributed by atoms with van der Waals surface area (Å²) in [5, 5.41) is 20.3. The number of rotatable bonds is 6. The van der Waals surface area contributed by atoms with E-state index in [1.54, 1.807) is 0 Å². The highest BCUT2D eigenvalue weighted by atomic mass is 31.3. The summed E-state index contributed by atoms with van der Waals surface area (Å²) in [5.74, 6) is 0.0856. The zero-order chi connectivity index (χ0) is 20.0. The lowest BCUT2D eigenvalue weighted by Gasteiger charge is -2.17. The second-order valence-corrected chi connectivity index (χ2v) is 8.30. The van der Waals surface area contributed by atoms with Crippen molar-refractivity contribution in [3.63, 3.8) is 0 Å². The van der Waals surface area contributed by atoms with Gasteiger partial charge in [0, 0.05) is 0 Å². The van der Waals surface area contributed by atoms with E-state index in [1.807, 2.05) is 0 Å². The highest BCUT2D eigenvalue weighted by Crippen LogP contribution is 2.57. The first-order chi connectivity index (χ1) is 12.5. The number of hydrogen-bond acceptors (Lipinski definition) is 11. The van der Waals surface area contributed by atoms with Crippen molar-refractivity contribution in [2.75, 3.05) is 12.3 Å². The van der Waals surface area contributed by atoms with Gasteiger partial charge in [0.2, 0.25) is 0 Å². The molecule has 3 rings (SSSR count). The van der Waals surface area contributed by atoms with E-state index in [-0.39, 0.29) is 17.0 Å². The van der Waals surface area contributed by atoms with E-state index in [2.05, 4.69) is 23.8 Å². The Morgan fingerprint density at radius 3 is 2.56 bits per heavy atom. The molecule has 0 aromatic carbocycles. The minimum atomic E-state index is -5.29. The van der Waals surface area contributed by atoms with E-state index < -0.39 is 46.8 Å². The van der Waals surface area contributed by atoms with Crippen LogP contribution < -0.4 is 5.73 Å². The topological polar surface area (TPSA) is 233 Å². The van der Waals surface area contributed by atoms with Gasteiger partial charge in [0.25, 0.3) is 0 Å². The van der Waals surface area contributed by atoms with Crippen LogP contribution in [0.1, 0.15) is 6.23 Å². The van der Waals surface area contributed by atoms with Crippen LogP contribution in [0.3, 0.4) is 0 Å². The van der Waals surface area contributed by atoms with Crippen molar-refractivity contribution in [3.8, 4) is 0 Å². The number of nitrogens with zero attached hydrogens (tertiary/aromatic N) is 4. The van der Waals surface area contributed by atoms with Gasteiger partial charge in [-0.3, -0.25) is 9.09 Å². The quantitative estimate of drug-likeness (QED) is 0.281. The Hall–Kier alpha value is -1.51. The first-order valence-electron chi connectivity index (χ1n) is 7.17. The number of phosphoric acid groups is 2. The van der Waals surface area contributed by atoms with E-state index in [0.29, 0.717) is 0 Å². The van der Waals surface area contributed by atoms with Crippen LogP contribution in [0.2, 0.25) is 0 Å². The fourth-order valence-electron chi connectivity index (χ4n) is 2.48.